The number of rotatable bonds is 2. The summed E-state index contributed by atoms with van der Waals surface area (Å²) in [6, 6.07) is 1.47. The van der Waals surface area contributed by atoms with E-state index in [0.717, 1.165) is 24.4 Å². The number of nitrogens with one attached hydrogen (secondary N) is 1. The first-order valence-corrected chi connectivity index (χ1v) is 6.22. The lowest BCUT2D eigenvalue weighted by atomic mass is 10.2. The molecule has 17 heavy (non-hydrogen) atoms. The van der Waals surface area contributed by atoms with Crippen LogP contribution in [0.3, 0.4) is 0 Å². The van der Waals surface area contributed by atoms with Crippen LogP contribution in [0, 0.1) is 10.1 Å². The monoisotopic (exact) mass is 255 g/mol. The first-order chi connectivity index (χ1) is 8.09. The number of hydrogen-bond donors (Lipinski definition) is 1. The number of nitrogens with zero attached hydrogens (tertiary/aromatic N) is 2. The fourth-order valence-corrected chi connectivity index (χ4v) is 2.54. The fourth-order valence-electron chi connectivity index (χ4n) is 1.84. The molecule has 92 valence electrons. The van der Waals surface area contributed by atoms with Gasteiger partial charge >= 0.3 is 5.00 Å². The van der Waals surface area contributed by atoms with E-state index in [1.165, 1.54) is 6.07 Å². The number of carbonyl (C=O) groups excluding carboxylic acids is 1. The lowest BCUT2D eigenvalue weighted by Crippen LogP contribution is -2.52. The van der Waals surface area contributed by atoms with Gasteiger partial charge in [-0.1, -0.05) is 11.3 Å². The average Bonchev–Trinajstić information content (AvgIpc) is 2.78. The summed E-state index contributed by atoms with van der Waals surface area (Å²) in [5, 5.41) is 15.3. The molecule has 1 aromatic rings. The lowest BCUT2D eigenvalue weighted by Gasteiger charge is -2.33. The Labute approximate surface area is 102 Å². The van der Waals surface area contributed by atoms with E-state index < -0.39 is 4.92 Å². The first kappa shape index (κ1) is 12.0. The van der Waals surface area contributed by atoms with Gasteiger partial charge in [-0.2, -0.15) is 0 Å². The topological polar surface area (TPSA) is 75.5 Å². The van der Waals surface area contributed by atoms with E-state index in [1.54, 1.807) is 10.3 Å². The normalized spacial score (nSPS) is 20.3. The van der Waals surface area contributed by atoms with Gasteiger partial charge in [0.15, 0.2) is 0 Å². The average molecular weight is 255 g/mol. The SMILES string of the molecule is CC1CNCCN1C(=O)c1csc([N+](=O)[O-])c1. The predicted molar refractivity (Wildman–Crippen MR) is 64.3 cm³/mol. The van der Waals surface area contributed by atoms with Gasteiger partial charge < -0.3 is 10.2 Å². The highest BCUT2D eigenvalue weighted by atomic mass is 32.1. The van der Waals surface area contributed by atoms with E-state index in [9.17, 15) is 14.9 Å². The third-order valence-corrected chi connectivity index (χ3v) is 3.65. The first-order valence-electron chi connectivity index (χ1n) is 5.34. The molecule has 0 saturated carbocycles. The van der Waals surface area contributed by atoms with Gasteiger partial charge in [0, 0.05) is 37.1 Å². The van der Waals surface area contributed by atoms with E-state index >= 15 is 0 Å². The number of thiophene rings is 1. The third-order valence-electron chi connectivity index (χ3n) is 2.77. The summed E-state index contributed by atoms with van der Waals surface area (Å²) >= 11 is 0.989. The maximum absolute atomic E-state index is 12.1. The van der Waals surface area contributed by atoms with Gasteiger partial charge in [-0.3, -0.25) is 14.9 Å². The summed E-state index contributed by atoms with van der Waals surface area (Å²) in [7, 11) is 0. The Bertz CT molecular complexity index is 446. The van der Waals surface area contributed by atoms with Crippen molar-refractivity contribution in [1.82, 2.24) is 10.2 Å². The highest BCUT2D eigenvalue weighted by molar-refractivity contribution is 7.13. The molecule has 1 unspecified atom stereocenters. The van der Waals surface area contributed by atoms with Crippen LogP contribution in [0.2, 0.25) is 0 Å². The molecule has 0 aliphatic carbocycles. The molecule has 1 atom stereocenters. The van der Waals surface area contributed by atoms with Crippen LogP contribution in [0.25, 0.3) is 0 Å². The van der Waals surface area contributed by atoms with Gasteiger partial charge in [0.1, 0.15) is 0 Å². The largest absolute Gasteiger partial charge is 0.333 e. The van der Waals surface area contributed by atoms with Gasteiger partial charge in [-0.05, 0) is 6.92 Å². The number of hydrogen-bond acceptors (Lipinski definition) is 5. The summed E-state index contributed by atoms with van der Waals surface area (Å²) in [5.74, 6) is -0.122. The van der Waals surface area contributed by atoms with Gasteiger partial charge in [0.25, 0.3) is 5.91 Å². The Hall–Kier alpha value is -1.47. The van der Waals surface area contributed by atoms with Crippen LogP contribution in [-0.4, -0.2) is 41.4 Å². The maximum Gasteiger partial charge on any atom is 0.324 e. The molecule has 2 rings (SSSR count). The Morgan fingerprint density at radius 1 is 1.71 bits per heavy atom. The molecule has 1 N–H and O–H groups in total. The third kappa shape index (κ3) is 2.45. The molecule has 1 amide bonds. The van der Waals surface area contributed by atoms with Crippen molar-refractivity contribution in [2.75, 3.05) is 19.6 Å². The molecule has 1 aliphatic heterocycles. The van der Waals surface area contributed by atoms with Gasteiger partial charge in [0.05, 0.1) is 10.5 Å². The fraction of sp³-hybridized carbons (Fsp3) is 0.500. The zero-order chi connectivity index (χ0) is 12.4. The summed E-state index contributed by atoms with van der Waals surface area (Å²) in [6.45, 7) is 4.13. The van der Waals surface area contributed by atoms with Crippen LogP contribution < -0.4 is 5.32 Å². The molecule has 1 aliphatic rings. The number of carbonyl (C=O) groups is 1. The summed E-state index contributed by atoms with van der Waals surface area (Å²) < 4.78 is 0. The molecule has 1 aromatic heterocycles. The Morgan fingerprint density at radius 3 is 3.06 bits per heavy atom. The quantitative estimate of drug-likeness (QED) is 0.634. The van der Waals surface area contributed by atoms with E-state index in [2.05, 4.69) is 5.32 Å². The number of piperazine rings is 1. The van der Waals surface area contributed by atoms with Gasteiger partial charge in [0.2, 0.25) is 0 Å². The van der Waals surface area contributed by atoms with Crippen molar-refractivity contribution in [3.05, 3.63) is 27.1 Å². The predicted octanol–water partition coefficient (Wildman–Crippen LogP) is 1.09. The van der Waals surface area contributed by atoms with Crippen molar-refractivity contribution in [2.24, 2.45) is 0 Å². The van der Waals surface area contributed by atoms with Crippen LogP contribution in [0.4, 0.5) is 5.00 Å². The van der Waals surface area contributed by atoms with Crippen molar-refractivity contribution in [3.63, 3.8) is 0 Å². The zero-order valence-corrected chi connectivity index (χ0v) is 10.2. The molecule has 0 spiro atoms. The molecular formula is C10H13N3O3S. The lowest BCUT2D eigenvalue weighted by molar-refractivity contribution is -0.380. The Morgan fingerprint density at radius 2 is 2.47 bits per heavy atom. The van der Waals surface area contributed by atoms with Crippen molar-refractivity contribution < 1.29 is 9.72 Å². The minimum absolute atomic E-state index is 0.0103. The molecular weight excluding hydrogens is 242 g/mol. The smallest absolute Gasteiger partial charge is 0.324 e. The van der Waals surface area contributed by atoms with Crippen LogP contribution in [0.1, 0.15) is 17.3 Å². The van der Waals surface area contributed by atoms with Gasteiger partial charge in [-0.15, -0.1) is 0 Å². The second-order valence-corrected chi connectivity index (χ2v) is 4.87. The van der Waals surface area contributed by atoms with Gasteiger partial charge in [-0.25, -0.2) is 0 Å². The second-order valence-electron chi connectivity index (χ2n) is 3.98. The zero-order valence-electron chi connectivity index (χ0n) is 9.38. The van der Waals surface area contributed by atoms with E-state index in [4.69, 9.17) is 0 Å². The molecule has 1 saturated heterocycles. The summed E-state index contributed by atoms with van der Waals surface area (Å²) in [4.78, 5) is 24.0. The molecule has 0 radical (unpaired) electrons. The Kier molecular flexibility index (Phi) is 3.39. The second kappa shape index (κ2) is 4.80. The molecule has 0 aromatic carbocycles. The van der Waals surface area contributed by atoms with Crippen LogP contribution >= 0.6 is 11.3 Å². The highest BCUT2D eigenvalue weighted by Gasteiger charge is 2.25. The molecule has 7 heteroatoms. The highest BCUT2D eigenvalue weighted by Crippen LogP contribution is 2.24. The minimum Gasteiger partial charge on any atom is -0.333 e. The van der Waals surface area contributed by atoms with Crippen molar-refractivity contribution in [1.29, 1.82) is 0 Å². The summed E-state index contributed by atoms with van der Waals surface area (Å²) in [6.07, 6.45) is 0. The van der Waals surface area contributed by atoms with Crippen molar-refractivity contribution >= 4 is 22.2 Å². The van der Waals surface area contributed by atoms with Crippen LogP contribution in [0.5, 0.6) is 0 Å². The van der Waals surface area contributed by atoms with E-state index in [-0.39, 0.29) is 17.0 Å². The van der Waals surface area contributed by atoms with E-state index in [0.29, 0.717) is 12.1 Å². The number of nitro groups is 1. The van der Waals surface area contributed by atoms with E-state index in [1.807, 2.05) is 6.92 Å². The standard InChI is InChI=1S/C10H13N3O3S/c1-7-5-11-2-3-12(7)10(14)8-4-9(13(15)16)17-6-8/h4,6-7,11H,2-3,5H2,1H3. The van der Waals surface area contributed by atoms with Crippen LogP contribution in [0.15, 0.2) is 11.4 Å². The van der Waals surface area contributed by atoms with Crippen molar-refractivity contribution in [3.8, 4) is 0 Å². The van der Waals surface area contributed by atoms with Crippen LogP contribution in [-0.2, 0) is 0 Å². The summed E-state index contributed by atoms with van der Waals surface area (Å²) in [5.41, 5.74) is 0.412. The maximum atomic E-state index is 12.1. The Balaban J connectivity index is 2.15. The molecule has 2 heterocycles. The number of amides is 1. The van der Waals surface area contributed by atoms with Crippen molar-refractivity contribution in [2.45, 2.75) is 13.0 Å². The minimum atomic E-state index is -0.470. The molecule has 1 fully saturated rings. The molecule has 6 nitrogen and oxygen atoms in total. The molecule has 0 bridgehead atoms.